The predicted molar refractivity (Wildman–Crippen MR) is 162 cm³/mol. The van der Waals surface area contributed by atoms with Crippen LogP contribution in [0, 0.1) is 5.82 Å². The molecule has 3 atom stereocenters. The molecule has 0 spiro atoms. The lowest BCUT2D eigenvalue weighted by atomic mass is 10.0. The summed E-state index contributed by atoms with van der Waals surface area (Å²) < 4.78 is 26.3. The van der Waals surface area contributed by atoms with E-state index in [4.69, 9.17) is 21.1 Å². The van der Waals surface area contributed by atoms with Gasteiger partial charge in [0.2, 0.25) is 0 Å². The van der Waals surface area contributed by atoms with Crippen LogP contribution in [0.1, 0.15) is 46.6 Å². The standard InChI is InChI=1S/C30H39BrClFN4O4/c1-19-17-37(29(39)41-30(3,4)5)20(2)16-35(19)11-6-12-36(28(38)34-23-8-9-26(33)25(32)15-23)24-14-21-13-22(31)7-10-27(21)40-18-24/h7-10,13,15,19-20,24H,6,11-12,14,16-18H2,1-5H3,(H,34,38)/t19-,20?,24?/m0/s1. The Balaban J connectivity index is 1.42. The van der Waals surface area contributed by atoms with Crippen molar-refractivity contribution in [2.75, 3.05) is 38.1 Å². The maximum atomic E-state index is 13.7. The Labute approximate surface area is 255 Å². The molecule has 1 fully saturated rings. The van der Waals surface area contributed by atoms with Crippen molar-refractivity contribution in [3.05, 3.63) is 57.3 Å². The average molecular weight is 654 g/mol. The maximum Gasteiger partial charge on any atom is 0.410 e. The lowest BCUT2D eigenvalue weighted by molar-refractivity contribution is -0.0107. The van der Waals surface area contributed by atoms with E-state index in [0.29, 0.717) is 38.3 Å². The third kappa shape index (κ3) is 8.26. The molecule has 41 heavy (non-hydrogen) atoms. The van der Waals surface area contributed by atoms with Crippen molar-refractivity contribution in [2.24, 2.45) is 0 Å². The Morgan fingerprint density at radius 1 is 1.17 bits per heavy atom. The highest BCUT2D eigenvalue weighted by atomic mass is 79.9. The summed E-state index contributed by atoms with van der Waals surface area (Å²) in [4.78, 5) is 32.2. The second-order valence-corrected chi connectivity index (χ2v) is 13.2. The van der Waals surface area contributed by atoms with E-state index in [1.165, 1.54) is 18.2 Å². The number of fused-ring (bicyclic) bond motifs is 1. The van der Waals surface area contributed by atoms with Crippen molar-refractivity contribution in [2.45, 2.75) is 71.2 Å². The largest absolute Gasteiger partial charge is 0.491 e. The van der Waals surface area contributed by atoms with E-state index in [1.54, 1.807) is 9.80 Å². The van der Waals surface area contributed by atoms with Crippen LogP contribution in [-0.2, 0) is 11.2 Å². The third-order valence-electron chi connectivity index (χ3n) is 7.37. The van der Waals surface area contributed by atoms with Crippen molar-refractivity contribution in [3.8, 4) is 5.75 Å². The number of piperazine rings is 1. The van der Waals surface area contributed by atoms with Crippen LogP contribution in [0.3, 0.4) is 0 Å². The molecule has 0 radical (unpaired) electrons. The fraction of sp³-hybridized carbons (Fsp3) is 0.533. The van der Waals surface area contributed by atoms with Gasteiger partial charge in [0.05, 0.1) is 11.1 Å². The highest BCUT2D eigenvalue weighted by molar-refractivity contribution is 9.10. The predicted octanol–water partition coefficient (Wildman–Crippen LogP) is 6.80. The summed E-state index contributed by atoms with van der Waals surface area (Å²) in [6.07, 6.45) is 1.08. The van der Waals surface area contributed by atoms with Crippen molar-refractivity contribution < 1.29 is 23.5 Å². The molecule has 1 saturated heterocycles. The number of amides is 3. The molecule has 2 aromatic rings. The average Bonchev–Trinajstić information content (AvgIpc) is 2.88. The summed E-state index contributed by atoms with van der Waals surface area (Å²) in [6, 6.07) is 9.69. The molecule has 11 heteroatoms. The summed E-state index contributed by atoms with van der Waals surface area (Å²) in [7, 11) is 0. The maximum absolute atomic E-state index is 13.7. The number of benzene rings is 2. The molecule has 0 saturated carbocycles. The molecular formula is C30H39BrClFN4O4. The van der Waals surface area contributed by atoms with Crippen LogP contribution in [-0.4, -0.2) is 83.3 Å². The normalized spacial score (nSPS) is 21.1. The Morgan fingerprint density at radius 2 is 1.93 bits per heavy atom. The van der Waals surface area contributed by atoms with Gasteiger partial charge in [-0.25, -0.2) is 14.0 Å². The Kier molecular flexibility index (Phi) is 10.1. The molecule has 3 amide bonds. The molecule has 1 N–H and O–H groups in total. The lowest BCUT2D eigenvalue weighted by Crippen LogP contribution is -2.59. The Bertz CT molecular complexity index is 1260. The summed E-state index contributed by atoms with van der Waals surface area (Å²) in [6.45, 7) is 12.7. The smallest absolute Gasteiger partial charge is 0.410 e. The number of carbonyl (C=O) groups is 2. The summed E-state index contributed by atoms with van der Waals surface area (Å²) in [5, 5.41) is 2.83. The number of anilines is 1. The van der Waals surface area contributed by atoms with Gasteiger partial charge in [0, 0.05) is 48.4 Å². The second-order valence-electron chi connectivity index (χ2n) is 11.9. The number of nitrogens with one attached hydrogen (secondary N) is 1. The van der Waals surface area contributed by atoms with Gasteiger partial charge in [0.25, 0.3) is 0 Å². The van der Waals surface area contributed by atoms with Crippen LogP contribution in [0.15, 0.2) is 40.9 Å². The molecule has 2 heterocycles. The fourth-order valence-corrected chi connectivity index (χ4v) is 5.88. The zero-order valence-electron chi connectivity index (χ0n) is 24.3. The van der Waals surface area contributed by atoms with Crippen molar-refractivity contribution in [3.63, 3.8) is 0 Å². The van der Waals surface area contributed by atoms with E-state index in [2.05, 4.69) is 33.1 Å². The number of nitrogens with zero attached hydrogens (tertiary/aromatic N) is 3. The van der Waals surface area contributed by atoms with Gasteiger partial charge in [-0.1, -0.05) is 27.5 Å². The summed E-state index contributed by atoms with van der Waals surface area (Å²) in [5.41, 5.74) is 0.908. The zero-order chi connectivity index (χ0) is 29.9. The topological polar surface area (TPSA) is 74.4 Å². The zero-order valence-corrected chi connectivity index (χ0v) is 26.6. The first-order valence-electron chi connectivity index (χ1n) is 14.0. The van der Waals surface area contributed by atoms with Crippen LogP contribution in [0.4, 0.5) is 19.7 Å². The molecule has 4 rings (SSSR count). The number of halogens is 3. The van der Waals surface area contributed by atoms with Gasteiger partial charge in [0.15, 0.2) is 0 Å². The van der Waals surface area contributed by atoms with E-state index in [9.17, 15) is 14.0 Å². The molecule has 224 valence electrons. The van der Waals surface area contributed by atoms with Crippen LogP contribution in [0.25, 0.3) is 0 Å². The second kappa shape index (κ2) is 13.2. The molecule has 8 nitrogen and oxygen atoms in total. The van der Waals surface area contributed by atoms with E-state index in [0.717, 1.165) is 28.8 Å². The van der Waals surface area contributed by atoms with E-state index >= 15 is 0 Å². The quantitative estimate of drug-likeness (QED) is 0.371. The van der Waals surface area contributed by atoms with Crippen LogP contribution in [0.2, 0.25) is 5.02 Å². The number of hydrogen-bond acceptors (Lipinski definition) is 5. The van der Waals surface area contributed by atoms with Gasteiger partial charge in [0.1, 0.15) is 23.8 Å². The molecule has 0 bridgehead atoms. The Hall–Kier alpha value is -2.56. The van der Waals surface area contributed by atoms with Crippen molar-refractivity contribution in [1.82, 2.24) is 14.7 Å². The van der Waals surface area contributed by atoms with Gasteiger partial charge < -0.3 is 24.6 Å². The Morgan fingerprint density at radius 3 is 2.63 bits per heavy atom. The van der Waals surface area contributed by atoms with Crippen molar-refractivity contribution in [1.29, 1.82) is 0 Å². The first-order valence-corrected chi connectivity index (χ1v) is 15.2. The fourth-order valence-electron chi connectivity index (χ4n) is 5.30. The monoisotopic (exact) mass is 652 g/mol. The summed E-state index contributed by atoms with van der Waals surface area (Å²) >= 11 is 9.48. The van der Waals surface area contributed by atoms with Crippen LogP contribution >= 0.6 is 27.5 Å². The molecule has 0 aliphatic carbocycles. The lowest BCUT2D eigenvalue weighted by Gasteiger charge is -2.44. The molecule has 2 aliphatic heterocycles. The van der Waals surface area contributed by atoms with Gasteiger partial charge >= 0.3 is 12.1 Å². The minimum atomic E-state index is -0.542. The minimum Gasteiger partial charge on any atom is -0.491 e. The molecule has 2 unspecified atom stereocenters. The highest BCUT2D eigenvalue weighted by Gasteiger charge is 2.35. The van der Waals surface area contributed by atoms with Crippen LogP contribution in [0.5, 0.6) is 5.75 Å². The van der Waals surface area contributed by atoms with Crippen LogP contribution < -0.4 is 10.1 Å². The first kappa shape index (κ1) is 31.4. The number of rotatable bonds is 6. The summed E-state index contributed by atoms with van der Waals surface area (Å²) in [5.74, 6) is 0.278. The van der Waals surface area contributed by atoms with Gasteiger partial charge in [-0.3, -0.25) is 4.90 Å². The molecule has 0 aromatic heterocycles. The highest BCUT2D eigenvalue weighted by Crippen LogP contribution is 2.30. The number of urea groups is 1. The van der Waals surface area contributed by atoms with Gasteiger partial charge in [-0.2, -0.15) is 0 Å². The third-order valence-corrected chi connectivity index (χ3v) is 8.15. The SMILES string of the molecule is CC1CN(CCCN(C(=O)Nc2ccc(F)c(Cl)c2)C2COc3ccc(Br)cc3C2)[C@@H](C)CN1C(=O)OC(C)(C)C. The number of ether oxygens (including phenoxy) is 2. The number of carbonyl (C=O) groups excluding carboxylic acids is 2. The number of hydrogen-bond donors (Lipinski definition) is 1. The van der Waals surface area contributed by atoms with Gasteiger partial charge in [-0.05, 0) is 89.4 Å². The minimum absolute atomic E-state index is 0.00497. The molecule has 2 aliphatic rings. The molecule has 2 aromatic carbocycles. The van der Waals surface area contributed by atoms with E-state index in [-0.39, 0.29) is 35.3 Å². The first-order chi connectivity index (χ1) is 19.3. The molecular weight excluding hydrogens is 615 g/mol. The van der Waals surface area contributed by atoms with E-state index < -0.39 is 11.4 Å². The van der Waals surface area contributed by atoms with Crippen molar-refractivity contribution >= 4 is 45.3 Å². The van der Waals surface area contributed by atoms with Gasteiger partial charge in [-0.15, -0.1) is 0 Å². The van der Waals surface area contributed by atoms with E-state index in [1.807, 2.05) is 45.9 Å².